The molecule has 0 atom stereocenters. The van der Waals surface area contributed by atoms with Crippen molar-refractivity contribution in [1.82, 2.24) is 9.97 Å². The van der Waals surface area contributed by atoms with Crippen LogP contribution >= 0.6 is 15.9 Å². The van der Waals surface area contributed by atoms with Crippen LogP contribution in [-0.4, -0.2) is 9.97 Å². The molecule has 1 aromatic heterocycles. The van der Waals surface area contributed by atoms with E-state index in [9.17, 15) is 0 Å². The lowest BCUT2D eigenvalue weighted by Crippen LogP contribution is -1.97. The zero-order valence-electron chi connectivity index (χ0n) is 11.0. The van der Waals surface area contributed by atoms with E-state index in [0.29, 0.717) is 11.8 Å². The number of hydrogen-bond acceptors (Lipinski definition) is 3. The van der Waals surface area contributed by atoms with Crippen molar-refractivity contribution < 1.29 is 4.74 Å². The molecule has 1 saturated carbocycles. The van der Waals surface area contributed by atoms with Crippen LogP contribution in [0.1, 0.15) is 35.7 Å². The van der Waals surface area contributed by atoms with Gasteiger partial charge in [-0.25, -0.2) is 4.98 Å². The van der Waals surface area contributed by atoms with Crippen molar-refractivity contribution in [2.45, 2.75) is 32.6 Å². The van der Waals surface area contributed by atoms with Crippen LogP contribution in [0.2, 0.25) is 0 Å². The number of aryl methyl sites for hydroxylation is 1. The highest BCUT2D eigenvalue weighted by Gasteiger charge is 2.27. The third-order valence-electron chi connectivity index (χ3n) is 3.40. The smallest absolute Gasteiger partial charge is 0.223 e. The largest absolute Gasteiger partial charge is 0.439 e. The van der Waals surface area contributed by atoms with E-state index in [1.54, 1.807) is 0 Å². The highest BCUT2D eigenvalue weighted by molar-refractivity contribution is 9.10. The molecule has 2 aromatic rings. The molecule has 1 aromatic carbocycles. The molecule has 0 saturated heterocycles. The van der Waals surface area contributed by atoms with E-state index in [4.69, 9.17) is 4.74 Å². The van der Waals surface area contributed by atoms with Gasteiger partial charge in [-0.2, -0.15) is 4.98 Å². The summed E-state index contributed by atoms with van der Waals surface area (Å²) in [4.78, 5) is 8.90. The molecule has 0 bridgehead atoms. The van der Waals surface area contributed by atoms with Gasteiger partial charge in [0.05, 0.1) is 0 Å². The Hall–Kier alpha value is -1.42. The van der Waals surface area contributed by atoms with E-state index in [1.165, 1.54) is 18.4 Å². The minimum absolute atomic E-state index is 0.512. The van der Waals surface area contributed by atoms with Gasteiger partial charge in [0.25, 0.3) is 0 Å². The molecule has 1 fully saturated rings. The molecule has 0 amide bonds. The van der Waals surface area contributed by atoms with Gasteiger partial charge in [0.15, 0.2) is 0 Å². The van der Waals surface area contributed by atoms with Crippen LogP contribution in [0.25, 0.3) is 0 Å². The van der Waals surface area contributed by atoms with Crippen LogP contribution in [0.5, 0.6) is 11.6 Å². The number of hydrogen-bond donors (Lipinski definition) is 0. The van der Waals surface area contributed by atoms with E-state index in [1.807, 2.05) is 18.2 Å². The van der Waals surface area contributed by atoms with Crippen molar-refractivity contribution in [3.05, 3.63) is 45.8 Å². The molecule has 1 aliphatic carbocycles. The van der Waals surface area contributed by atoms with Crippen LogP contribution in [0.4, 0.5) is 0 Å². The van der Waals surface area contributed by atoms with Gasteiger partial charge in [0.1, 0.15) is 16.2 Å². The number of nitrogens with zero attached hydrogens (tertiary/aromatic N) is 2. The lowest BCUT2D eigenvalue weighted by molar-refractivity contribution is 0.454. The first-order valence-corrected chi connectivity index (χ1v) is 7.21. The van der Waals surface area contributed by atoms with E-state index in [-0.39, 0.29) is 0 Å². The minimum atomic E-state index is 0.512. The molecule has 0 aliphatic heterocycles. The Balaban J connectivity index is 1.92. The van der Waals surface area contributed by atoms with Crippen molar-refractivity contribution in [2.75, 3.05) is 0 Å². The lowest BCUT2D eigenvalue weighted by Gasteiger charge is -2.10. The predicted molar refractivity (Wildman–Crippen MR) is 77.7 cm³/mol. The molecule has 0 unspecified atom stereocenters. The van der Waals surface area contributed by atoms with Gasteiger partial charge >= 0.3 is 0 Å². The van der Waals surface area contributed by atoms with Crippen LogP contribution < -0.4 is 4.74 Å². The third-order valence-corrected chi connectivity index (χ3v) is 3.81. The monoisotopic (exact) mass is 318 g/mol. The summed E-state index contributed by atoms with van der Waals surface area (Å²) < 4.78 is 6.69. The fraction of sp³-hybridized carbons (Fsp3) is 0.333. The zero-order chi connectivity index (χ0) is 13.4. The maximum atomic E-state index is 5.91. The normalized spacial score (nSPS) is 14.5. The highest BCUT2D eigenvalue weighted by Crippen LogP contribution is 2.39. The molecule has 0 radical (unpaired) electrons. The maximum absolute atomic E-state index is 5.91. The molecule has 0 spiro atoms. The number of rotatable bonds is 3. The van der Waals surface area contributed by atoms with E-state index < -0.39 is 0 Å². The summed E-state index contributed by atoms with van der Waals surface area (Å²) in [5.74, 6) is 2.86. The van der Waals surface area contributed by atoms with Crippen molar-refractivity contribution >= 4 is 15.9 Å². The van der Waals surface area contributed by atoms with Crippen molar-refractivity contribution in [3.8, 4) is 11.6 Å². The van der Waals surface area contributed by atoms with Crippen LogP contribution in [0.3, 0.4) is 0 Å². The molecule has 0 N–H and O–H groups in total. The second kappa shape index (κ2) is 4.93. The SMILES string of the molecule is Cc1cccc(Oc2cc(Br)nc(C3CC3)n2)c1C. The maximum Gasteiger partial charge on any atom is 0.223 e. The van der Waals surface area contributed by atoms with E-state index in [0.717, 1.165) is 21.7 Å². The molecular weight excluding hydrogens is 304 g/mol. The quantitative estimate of drug-likeness (QED) is 0.780. The summed E-state index contributed by atoms with van der Waals surface area (Å²) in [5.41, 5.74) is 2.36. The Morgan fingerprint density at radius 1 is 1.21 bits per heavy atom. The average Bonchev–Trinajstić information content (AvgIpc) is 3.18. The van der Waals surface area contributed by atoms with Crippen molar-refractivity contribution in [2.24, 2.45) is 0 Å². The molecule has 19 heavy (non-hydrogen) atoms. The average molecular weight is 319 g/mol. The zero-order valence-corrected chi connectivity index (χ0v) is 12.6. The van der Waals surface area contributed by atoms with Crippen LogP contribution in [0.15, 0.2) is 28.9 Å². The summed E-state index contributed by atoms with van der Waals surface area (Å²) in [6, 6.07) is 7.85. The molecule has 3 rings (SSSR count). The Labute approximate surface area is 121 Å². The Bertz CT molecular complexity index is 624. The molecule has 3 nitrogen and oxygen atoms in total. The Morgan fingerprint density at radius 2 is 2.00 bits per heavy atom. The fourth-order valence-corrected chi connectivity index (χ4v) is 2.32. The van der Waals surface area contributed by atoms with E-state index in [2.05, 4.69) is 45.8 Å². The first-order chi connectivity index (χ1) is 9.13. The summed E-state index contributed by atoms with van der Waals surface area (Å²) in [6.07, 6.45) is 2.36. The highest BCUT2D eigenvalue weighted by atomic mass is 79.9. The minimum Gasteiger partial charge on any atom is -0.439 e. The second-order valence-electron chi connectivity index (χ2n) is 4.96. The van der Waals surface area contributed by atoms with Gasteiger partial charge < -0.3 is 4.74 Å². The summed E-state index contributed by atoms with van der Waals surface area (Å²) in [6.45, 7) is 4.14. The van der Waals surface area contributed by atoms with Crippen molar-refractivity contribution in [3.63, 3.8) is 0 Å². The molecule has 4 heteroatoms. The van der Waals surface area contributed by atoms with Gasteiger partial charge in [0.2, 0.25) is 5.88 Å². The Kier molecular flexibility index (Phi) is 3.27. The van der Waals surface area contributed by atoms with Gasteiger partial charge in [0, 0.05) is 12.0 Å². The van der Waals surface area contributed by atoms with Crippen LogP contribution in [-0.2, 0) is 0 Å². The molecule has 98 valence electrons. The summed E-state index contributed by atoms with van der Waals surface area (Å²) in [7, 11) is 0. The van der Waals surface area contributed by atoms with Gasteiger partial charge in [-0.15, -0.1) is 0 Å². The third kappa shape index (κ3) is 2.78. The van der Waals surface area contributed by atoms with Gasteiger partial charge in [-0.1, -0.05) is 12.1 Å². The number of halogens is 1. The van der Waals surface area contributed by atoms with Gasteiger partial charge in [-0.05, 0) is 59.8 Å². The van der Waals surface area contributed by atoms with Gasteiger partial charge in [-0.3, -0.25) is 0 Å². The number of ether oxygens (including phenoxy) is 1. The molecule has 1 heterocycles. The van der Waals surface area contributed by atoms with Crippen LogP contribution in [0, 0.1) is 13.8 Å². The van der Waals surface area contributed by atoms with E-state index >= 15 is 0 Å². The first-order valence-electron chi connectivity index (χ1n) is 6.42. The predicted octanol–water partition coefficient (Wildman–Crippen LogP) is 4.53. The topological polar surface area (TPSA) is 35.0 Å². The van der Waals surface area contributed by atoms with Crippen molar-refractivity contribution in [1.29, 1.82) is 0 Å². The molecule has 1 aliphatic rings. The number of benzene rings is 1. The number of aromatic nitrogens is 2. The Morgan fingerprint density at radius 3 is 2.74 bits per heavy atom. The lowest BCUT2D eigenvalue weighted by atomic mass is 10.1. The standard InChI is InChI=1S/C15H15BrN2O/c1-9-4-3-5-12(10(9)2)19-14-8-13(16)17-15(18-14)11-6-7-11/h3-5,8,11H,6-7H2,1-2H3. The first kappa shape index (κ1) is 12.6. The summed E-state index contributed by atoms with van der Waals surface area (Å²) >= 11 is 3.42. The second-order valence-corrected chi connectivity index (χ2v) is 5.77. The summed E-state index contributed by atoms with van der Waals surface area (Å²) in [5, 5.41) is 0. The fourth-order valence-electron chi connectivity index (χ4n) is 1.94. The molecular formula is C15H15BrN2O.